The van der Waals surface area contributed by atoms with E-state index in [1.165, 1.54) is 0 Å². The fourth-order valence-electron chi connectivity index (χ4n) is 1.89. The third-order valence-corrected chi connectivity index (χ3v) is 2.77. The number of aliphatic hydroxyl groups excluding tert-OH is 1. The fraction of sp³-hybridized carbons (Fsp3) is 0.417. The van der Waals surface area contributed by atoms with Gasteiger partial charge in [0.15, 0.2) is 0 Å². The third kappa shape index (κ3) is 2.17. The molecule has 86 valence electrons. The molecule has 16 heavy (non-hydrogen) atoms. The second kappa shape index (κ2) is 4.53. The number of hydrogen-bond donors (Lipinski definition) is 2. The highest BCUT2D eigenvalue weighted by atomic mass is 16.5. The molecule has 0 bridgehead atoms. The molecule has 1 aliphatic rings. The Labute approximate surface area is 93.5 Å². The Morgan fingerprint density at radius 2 is 2.19 bits per heavy atom. The predicted octanol–water partition coefficient (Wildman–Crippen LogP) is 1.25. The number of carboxylic acid groups (broad SMARTS) is 1. The lowest BCUT2D eigenvalue weighted by Crippen LogP contribution is -2.04. The standard InChI is InChI=1S/C12H14O4/c13-5-6-16-11-4-2-1-3-8(11)9-7-10(9)12(14)15/h1-4,9-10,13H,5-7H2,(H,14,15). The van der Waals surface area contributed by atoms with Crippen LogP contribution in [-0.2, 0) is 4.79 Å². The quantitative estimate of drug-likeness (QED) is 0.786. The Bertz CT molecular complexity index is 388. The Kier molecular flexibility index (Phi) is 3.10. The van der Waals surface area contributed by atoms with Gasteiger partial charge in [-0.2, -0.15) is 0 Å². The first-order chi connectivity index (χ1) is 7.74. The molecule has 0 heterocycles. The van der Waals surface area contributed by atoms with Gasteiger partial charge in [-0.15, -0.1) is 0 Å². The van der Waals surface area contributed by atoms with Crippen LogP contribution in [0.15, 0.2) is 24.3 Å². The number of carbonyl (C=O) groups is 1. The SMILES string of the molecule is O=C(O)C1CC1c1ccccc1OCCO. The van der Waals surface area contributed by atoms with Crippen LogP contribution >= 0.6 is 0 Å². The summed E-state index contributed by atoms with van der Waals surface area (Å²) in [5, 5.41) is 17.6. The van der Waals surface area contributed by atoms with E-state index in [0.29, 0.717) is 12.2 Å². The molecule has 1 aromatic rings. The summed E-state index contributed by atoms with van der Waals surface area (Å²) in [6.07, 6.45) is 0.675. The van der Waals surface area contributed by atoms with Gasteiger partial charge in [-0.25, -0.2) is 0 Å². The molecular weight excluding hydrogens is 208 g/mol. The van der Waals surface area contributed by atoms with Gasteiger partial charge < -0.3 is 14.9 Å². The van der Waals surface area contributed by atoms with E-state index in [1.807, 2.05) is 24.3 Å². The van der Waals surface area contributed by atoms with Crippen LogP contribution in [0.4, 0.5) is 0 Å². The molecule has 0 radical (unpaired) electrons. The second-order valence-corrected chi connectivity index (χ2v) is 3.90. The van der Waals surface area contributed by atoms with Gasteiger partial charge in [0.1, 0.15) is 12.4 Å². The van der Waals surface area contributed by atoms with Crippen LogP contribution in [0.3, 0.4) is 0 Å². The van der Waals surface area contributed by atoms with Crippen molar-refractivity contribution in [3.05, 3.63) is 29.8 Å². The summed E-state index contributed by atoms with van der Waals surface area (Å²) in [6, 6.07) is 7.41. The molecule has 0 spiro atoms. The summed E-state index contributed by atoms with van der Waals surface area (Å²) in [4.78, 5) is 10.8. The molecule has 1 aliphatic carbocycles. The highest BCUT2D eigenvalue weighted by molar-refractivity contribution is 5.75. The topological polar surface area (TPSA) is 66.8 Å². The maximum absolute atomic E-state index is 10.8. The van der Waals surface area contributed by atoms with Crippen LogP contribution in [0, 0.1) is 5.92 Å². The number of para-hydroxylation sites is 1. The fourth-order valence-corrected chi connectivity index (χ4v) is 1.89. The molecule has 4 heteroatoms. The lowest BCUT2D eigenvalue weighted by atomic mass is 10.1. The van der Waals surface area contributed by atoms with E-state index in [4.69, 9.17) is 14.9 Å². The molecule has 1 saturated carbocycles. The van der Waals surface area contributed by atoms with Gasteiger partial charge in [0, 0.05) is 5.92 Å². The average molecular weight is 222 g/mol. The molecule has 2 N–H and O–H groups in total. The number of benzene rings is 1. The number of aliphatic hydroxyl groups is 1. The van der Waals surface area contributed by atoms with E-state index >= 15 is 0 Å². The summed E-state index contributed by atoms with van der Waals surface area (Å²) < 4.78 is 5.37. The van der Waals surface area contributed by atoms with Crippen molar-refractivity contribution in [3.63, 3.8) is 0 Å². The lowest BCUT2D eigenvalue weighted by Gasteiger charge is -2.09. The maximum atomic E-state index is 10.8. The van der Waals surface area contributed by atoms with E-state index in [1.54, 1.807) is 0 Å². The normalized spacial score (nSPS) is 22.8. The van der Waals surface area contributed by atoms with Gasteiger partial charge in [0.05, 0.1) is 12.5 Å². The van der Waals surface area contributed by atoms with E-state index in [-0.39, 0.29) is 25.0 Å². The minimum absolute atomic E-state index is 0.0403. The van der Waals surface area contributed by atoms with E-state index in [9.17, 15) is 4.79 Å². The van der Waals surface area contributed by atoms with Crippen molar-refractivity contribution in [2.45, 2.75) is 12.3 Å². The first-order valence-electron chi connectivity index (χ1n) is 5.29. The smallest absolute Gasteiger partial charge is 0.307 e. The van der Waals surface area contributed by atoms with Crippen LogP contribution in [0.1, 0.15) is 17.9 Å². The Hall–Kier alpha value is -1.55. The second-order valence-electron chi connectivity index (χ2n) is 3.90. The maximum Gasteiger partial charge on any atom is 0.307 e. The molecule has 0 amide bonds. The molecule has 4 nitrogen and oxygen atoms in total. The first-order valence-corrected chi connectivity index (χ1v) is 5.29. The summed E-state index contributed by atoms with van der Waals surface area (Å²) >= 11 is 0. The largest absolute Gasteiger partial charge is 0.491 e. The van der Waals surface area contributed by atoms with Crippen LogP contribution in [0.25, 0.3) is 0 Å². The summed E-state index contributed by atoms with van der Waals surface area (Å²) in [5.74, 6) is -0.279. The number of hydrogen-bond acceptors (Lipinski definition) is 3. The lowest BCUT2D eigenvalue weighted by molar-refractivity contribution is -0.138. The first kappa shape index (κ1) is 11.0. The van der Waals surface area contributed by atoms with Crippen molar-refractivity contribution < 1.29 is 19.7 Å². The van der Waals surface area contributed by atoms with Gasteiger partial charge in [-0.1, -0.05) is 18.2 Å². The van der Waals surface area contributed by atoms with Crippen LogP contribution in [0.2, 0.25) is 0 Å². The summed E-state index contributed by atoms with van der Waals surface area (Å²) in [7, 11) is 0. The molecule has 2 unspecified atom stereocenters. The van der Waals surface area contributed by atoms with Gasteiger partial charge in [-0.3, -0.25) is 4.79 Å². The van der Waals surface area contributed by atoms with E-state index in [0.717, 1.165) is 5.56 Å². The van der Waals surface area contributed by atoms with Crippen molar-refractivity contribution in [2.24, 2.45) is 5.92 Å². The van der Waals surface area contributed by atoms with Crippen molar-refractivity contribution in [1.29, 1.82) is 0 Å². The van der Waals surface area contributed by atoms with Crippen molar-refractivity contribution in [3.8, 4) is 5.75 Å². The van der Waals surface area contributed by atoms with Gasteiger partial charge >= 0.3 is 5.97 Å². The predicted molar refractivity (Wildman–Crippen MR) is 57.5 cm³/mol. The number of aliphatic carboxylic acids is 1. The Morgan fingerprint density at radius 3 is 2.81 bits per heavy atom. The van der Waals surface area contributed by atoms with Gasteiger partial charge in [0.2, 0.25) is 0 Å². The van der Waals surface area contributed by atoms with E-state index in [2.05, 4.69) is 0 Å². The molecule has 0 aliphatic heterocycles. The third-order valence-electron chi connectivity index (χ3n) is 2.77. The Morgan fingerprint density at radius 1 is 1.44 bits per heavy atom. The molecule has 1 aromatic carbocycles. The van der Waals surface area contributed by atoms with Crippen LogP contribution in [0.5, 0.6) is 5.75 Å². The van der Waals surface area contributed by atoms with Crippen molar-refractivity contribution in [2.75, 3.05) is 13.2 Å². The molecule has 2 atom stereocenters. The van der Waals surface area contributed by atoms with E-state index < -0.39 is 5.97 Å². The highest BCUT2D eigenvalue weighted by Gasteiger charge is 2.45. The number of carboxylic acids is 1. The van der Waals surface area contributed by atoms with Crippen molar-refractivity contribution >= 4 is 5.97 Å². The Balaban J connectivity index is 2.12. The minimum atomic E-state index is -0.748. The van der Waals surface area contributed by atoms with Gasteiger partial charge in [-0.05, 0) is 18.1 Å². The number of rotatable bonds is 5. The average Bonchev–Trinajstić information content (AvgIpc) is 3.06. The summed E-state index contributed by atoms with van der Waals surface area (Å²) in [6.45, 7) is 0.197. The molecule has 1 fully saturated rings. The van der Waals surface area contributed by atoms with Crippen LogP contribution < -0.4 is 4.74 Å². The highest BCUT2D eigenvalue weighted by Crippen LogP contribution is 2.50. The molecular formula is C12H14O4. The number of ether oxygens (including phenoxy) is 1. The zero-order valence-electron chi connectivity index (χ0n) is 8.80. The molecule has 2 rings (SSSR count). The molecule has 0 saturated heterocycles. The van der Waals surface area contributed by atoms with Crippen molar-refractivity contribution in [1.82, 2.24) is 0 Å². The zero-order chi connectivity index (χ0) is 11.5. The van der Waals surface area contributed by atoms with Gasteiger partial charge in [0.25, 0.3) is 0 Å². The molecule has 0 aromatic heterocycles. The van der Waals surface area contributed by atoms with Crippen LogP contribution in [-0.4, -0.2) is 29.4 Å². The monoisotopic (exact) mass is 222 g/mol. The summed E-state index contributed by atoms with van der Waals surface area (Å²) in [5.41, 5.74) is 0.934. The minimum Gasteiger partial charge on any atom is -0.491 e. The zero-order valence-corrected chi connectivity index (χ0v) is 8.80.